The van der Waals surface area contributed by atoms with Gasteiger partial charge >= 0.3 is 5.97 Å². The molecule has 2 fully saturated rings. The summed E-state index contributed by atoms with van der Waals surface area (Å²) in [6.45, 7) is 3.27. The molecule has 26 heavy (non-hydrogen) atoms. The van der Waals surface area contributed by atoms with Gasteiger partial charge in [0.2, 0.25) is 11.9 Å². The normalized spacial score (nSPS) is 18.7. The molecule has 142 valence electrons. The van der Waals surface area contributed by atoms with E-state index in [-0.39, 0.29) is 24.2 Å². The Morgan fingerprint density at radius 1 is 1.19 bits per heavy atom. The molecule has 1 amide bonds. The molecule has 0 aliphatic carbocycles. The maximum Gasteiger partial charge on any atom is 0.354 e. The lowest BCUT2D eigenvalue weighted by Crippen LogP contribution is -2.42. The van der Waals surface area contributed by atoms with Crippen molar-refractivity contribution in [1.82, 2.24) is 14.9 Å². The molecule has 10 heteroatoms. The SMILES string of the molecule is O=C(O)c1cc(NCC(=O)N2CCC(O)CC2)nc(N2CCOCC2)n1. The van der Waals surface area contributed by atoms with Gasteiger partial charge in [-0.15, -0.1) is 0 Å². The van der Waals surface area contributed by atoms with Crippen molar-refractivity contribution in [3.05, 3.63) is 11.8 Å². The Hall–Kier alpha value is -2.46. The van der Waals surface area contributed by atoms with Crippen molar-refractivity contribution < 1.29 is 24.5 Å². The molecule has 1 aromatic rings. The van der Waals surface area contributed by atoms with E-state index in [1.165, 1.54) is 6.07 Å². The third-order valence-corrected chi connectivity index (χ3v) is 4.47. The molecule has 2 aliphatic heterocycles. The smallest absolute Gasteiger partial charge is 0.354 e. The fourth-order valence-electron chi connectivity index (χ4n) is 2.93. The van der Waals surface area contributed by atoms with Crippen molar-refractivity contribution in [3.63, 3.8) is 0 Å². The average molecular weight is 365 g/mol. The van der Waals surface area contributed by atoms with Crippen LogP contribution in [0.25, 0.3) is 0 Å². The maximum atomic E-state index is 12.3. The number of aliphatic hydroxyl groups is 1. The number of hydrogen-bond acceptors (Lipinski definition) is 8. The minimum Gasteiger partial charge on any atom is -0.477 e. The highest BCUT2D eigenvalue weighted by Gasteiger charge is 2.22. The largest absolute Gasteiger partial charge is 0.477 e. The fraction of sp³-hybridized carbons (Fsp3) is 0.625. The topological polar surface area (TPSA) is 128 Å². The molecule has 2 saturated heterocycles. The zero-order chi connectivity index (χ0) is 18.5. The van der Waals surface area contributed by atoms with Crippen LogP contribution in [0.4, 0.5) is 11.8 Å². The number of ether oxygens (including phenoxy) is 1. The van der Waals surface area contributed by atoms with Crippen molar-refractivity contribution >= 4 is 23.6 Å². The number of carbonyl (C=O) groups is 2. The Morgan fingerprint density at radius 3 is 2.54 bits per heavy atom. The number of carboxylic acid groups (broad SMARTS) is 1. The van der Waals surface area contributed by atoms with E-state index >= 15 is 0 Å². The zero-order valence-electron chi connectivity index (χ0n) is 14.4. The maximum absolute atomic E-state index is 12.3. The summed E-state index contributed by atoms with van der Waals surface area (Å²) in [5.74, 6) is -0.657. The number of nitrogens with zero attached hydrogens (tertiary/aromatic N) is 4. The number of aromatic carboxylic acids is 1. The second-order valence-corrected chi connectivity index (χ2v) is 6.31. The molecule has 2 aliphatic rings. The van der Waals surface area contributed by atoms with Crippen LogP contribution in [0.3, 0.4) is 0 Å². The van der Waals surface area contributed by atoms with Crippen molar-refractivity contribution in [2.45, 2.75) is 18.9 Å². The lowest BCUT2D eigenvalue weighted by atomic mass is 10.1. The standard InChI is InChI=1S/C16H23N5O5/c22-11-1-3-20(4-2-11)14(23)10-17-13-9-12(15(24)25)18-16(19-13)21-5-7-26-8-6-21/h9,11,22H,1-8,10H2,(H,24,25)(H,17,18,19). The number of aliphatic hydroxyl groups excluding tert-OH is 1. The Bertz CT molecular complexity index is 656. The summed E-state index contributed by atoms with van der Waals surface area (Å²) in [5.41, 5.74) is -0.127. The summed E-state index contributed by atoms with van der Waals surface area (Å²) in [4.78, 5) is 35.6. The first-order valence-electron chi connectivity index (χ1n) is 8.67. The van der Waals surface area contributed by atoms with Gasteiger partial charge in [0.15, 0.2) is 5.69 Å². The molecule has 0 unspecified atom stereocenters. The van der Waals surface area contributed by atoms with E-state index in [4.69, 9.17) is 4.74 Å². The molecule has 1 aromatic heterocycles. The van der Waals surface area contributed by atoms with Crippen molar-refractivity contribution in [3.8, 4) is 0 Å². The van der Waals surface area contributed by atoms with Crippen LogP contribution in [0.5, 0.6) is 0 Å². The lowest BCUT2D eigenvalue weighted by Gasteiger charge is -2.30. The van der Waals surface area contributed by atoms with E-state index in [1.807, 2.05) is 4.90 Å². The molecule has 3 rings (SSSR count). The van der Waals surface area contributed by atoms with Gasteiger partial charge in [0.05, 0.1) is 25.9 Å². The highest BCUT2D eigenvalue weighted by atomic mass is 16.5. The molecule has 0 aromatic carbocycles. The summed E-state index contributed by atoms with van der Waals surface area (Å²) in [5, 5.41) is 21.7. The first-order chi connectivity index (χ1) is 12.5. The van der Waals surface area contributed by atoms with Gasteiger partial charge in [-0.2, -0.15) is 4.98 Å². The molecular formula is C16H23N5O5. The molecule has 10 nitrogen and oxygen atoms in total. The number of hydrogen-bond donors (Lipinski definition) is 3. The van der Waals surface area contributed by atoms with Gasteiger partial charge in [-0.3, -0.25) is 4.79 Å². The highest BCUT2D eigenvalue weighted by Crippen LogP contribution is 2.16. The third kappa shape index (κ3) is 4.58. The molecule has 0 atom stereocenters. The number of anilines is 2. The lowest BCUT2D eigenvalue weighted by molar-refractivity contribution is -0.131. The Labute approximate surface area is 150 Å². The number of carboxylic acids is 1. The van der Waals surface area contributed by atoms with Gasteiger partial charge in [-0.1, -0.05) is 0 Å². The van der Waals surface area contributed by atoms with E-state index in [1.54, 1.807) is 4.90 Å². The quantitative estimate of drug-likeness (QED) is 0.627. The van der Waals surface area contributed by atoms with Gasteiger partial charge in [-0.25, -0.2) is 9.78 Å². The van der Waals surface area contributed by atoms with E-state index in [2.05, 4.69) is 15.3 Å². The summed E-state index contributed by atoms with van der Waals surface area (Å²) in [6, 6.07) is 1.32. The number of aromatic nitrogens is 2. The first-order valence-corrected chi connectivity index (χ1v) is 8.67. The summed E-state index contributed by atoms with van der Waals surface area (Å²) >= 11 is 0. The van der Waals surface area contributed by atoms with Crippen molar-refractivity contribution in [2.24, 2.45) is 0 Å². The second-order valence-electron chi connectivity index (χ2n) is 6.31. The van der Waals surface area contributed by atoms with E-state index in [0.717, 1.165) is 0 Å². The van der Waals surface area contributed by atoms with Crippen LogP contribution in [0.15, 0.2) is 6.07 Å². The molecular weight excluding hydrogens is 342 g/mol. The predicted octanol–water partition coefficient (Wildman–Crippen LogP) is -0.593. The van der Waals surface area contributed by atoms with Crippen LogP contribution in [-0.4, -0.2) is 89.0 Å². The number of nitrogens with one attached hydrogen (secondary N) is 1. The monoisotopic (exact) mass is 365 g/mol. The summed E-state index contributed by atoms with van der Waals surface area (Å²) in [6.07, 6.45) is 0.802. The zero-order valence-corrected chi connectivity index (χ0v) is 14.4. The van der Waals surface area contributed by atoms with Crippen molar-refractivity contribution in [2.75, 3.05) is 56.2 Å². The van der Waals surface area contributed by atoms with Crippen LogP contribution in [-0.2, 0) is 9.53 Å². The Balaban J connectivity index is 1.67. The minimum absolute atomic E-state index is 0.00865. The number of likely N-dealkylation sites (tertiary alicyclic amines) is 1. The van der Waals surface area contributed by atoms with E-state index in [9.17, 15) is 19.8 Å². The number of morpholine rings is 1. The predicted molar refractivity (Wildman–Crippen MR) is 92.3 cm³/mol. The Morgan fingerprint density at radius 2 is 1.88 bits per heavy atom. The fourth-order valence-corrected chi connectivity index (χ4v) is 2.93. The first kappa shape index (κ1) is 18.3. The van der Waals surface area contributed by atoms with Gasteiger partial charge in [0, 0.05) is 32.2 Å². The minimum atomic E-state index is -1.15. The molecule has 0 spiro atoms. The number of amides is 1. The van der Waals surface area contributed by atoms with Crippen LogP contribution >= 0.6 is 0 Å². The molecule has 3 heterocycles. The molecule has 0 bridgehead atoms. The van der Waals surface area contributed by atoms with Crippen LogP contribution in [0.2, 0.25) is 0 Å². The summed E-state index contributed by atoms with van der Waals surface area (Å²) in [7, 11) is 0. The third-order valence-electron chi connectivity index (χ3n) is 4.47. The molecule has 0 radical (unpaired) electrons. The second kappa shape index (κ2) is 8.28. The van der Waals surface area contributed by atoms with Gasteiger partial charge in [-0.05, 0) is 12.8 Å². The average Bonchev–Trinajstić information content (AvgIpc) is 2.67. The Kier molecular flexibility index (Phi) is 5.84. The molecule has 3 N–H and O–H groups in total. The van der Waals surface area contributed by atoms with Crippen LogP contribution in [0.1, 0.15) is 23.3 Å². The number of piperidine rings is 1. The van der Waals surface area contributed by atoms with Gasteiger partial charge in [0.25, 0.3) is 0 Å². The van der Waals surface area contributed by atoms with E-state index in [0.29, 0.717) is 64.0 Å². The molecule has 0 saturated carbocycles. The van der Waals surface area contributed by atoms with Gasteiger partial charge in [0.1, 0.15) is 5.82 Å². The summed E-state index contributed by atoms with van der Waals surface area (Å²) < 4.78 is 5.29. The number of rotatable bonds is 5. The van der Waals surface area contributed by atoms with Crippen LogP contribution < -0.4 is 10.2 Å². The van der Waals surface area contributed by atoms with Crippen molar-refractivity contribution in [1.29, 1.82) is 0 Å². The van der Waals surface area contributed by atoms with E-state index < -0.39 is 5.97 Å². The van der Waals surface area contributed by atoms with Gasteiger partial charge < -0.3 is 30.1 Å². The van der Waals surface area contributed by atoms with Crippen LogP contribution in [0, 0.1) is 0 Å². The number of carbonyl (C=O) groups excluding carboxylic acids is 1. The highest BCUT2D eigenvalue weighted by molar-refractivity contribution is 5.87.